The van der Waals surface area contributed by atoms with Gasteiger partial charge in [-0.15, -0.1) is 0 Å². The van der Waals surface area contributed by atoms with Gasteiger partial charge in [0.1, 0.15) is 0 Å². The second kappa shape index (κ2) is 7.68. The van der Waals surface area contributed by atoms with Crippen LogP contribution in [-0.2, 0) is 16.0 Å². The minimum Gasteiger partial charge on any atom is -0.354 e. The summed E-state index contributed by atoms with van der Waals surface area (Å²) < 4.78 is 10.1. The van der Waals surface area contributed by atoms with E-state index in [0.29, 0.717) is 6.54 Å². The van der Waals surface area contributed by atoms with E-state index in [1.807, 2.05) is 37.3 Å². The van der Waals surface area contributed by atoms with Crippen LogP contribution in [0, 0.1) is 0 Å². The smallest absolute Gasteiger partial charge is 0.315 e. The van der Waals surface area contributed by atoms with E-state index in [2.05, 4.69) is 10.6 Å². The van der Waals surface area contributed by atoms with Gasteiger partial charge in [0, 0.05) is 20.8 Å². The van der Waals surface area contributed by atoms with Gasteiger partial charge in [0.2, 0.25) is 0 Å². The molecule has 1 aromatic rings. The number of methoxy groups -OCH3 is 2. The number of urea groups is 1. The summed E-state index contributed by atoms with van der Waals surface area (Å²) in [5.74, 6) is 0. The zero-order chi connectivity index (χ0) is 13.4. The Hall–Kier alpha value is -1.59. The maximum Gasteiger partial charge on any atom is 0.315 e. The highest BCUT2D eigenvalue weighted by Gasteiger charge is 2.17. The quantitative estimate of drug-likeness (QED) is 0.754. The van der Waals surface area contributed by atoms with Gasteiger partial charge in [0.05, 0.1) is 6.04 Å². The maximum absolute atomic E-state index is 11.6. The van der Waals surface area contributed by atoms with E-state index in [0.717, 1.165) is 5.56 Å². The minimum atomic E-state index is -0.451. The monoisotopic (exact) mass is 252 g/mol. The van der Waals surface area contributed by atoms with Crippen LogP contribution in [0.25, 0.3) is 0 Å². The number of hydrogen-bond donors (Lipinski definition) is 2. The molecule has 1 aromatic carbocycles. The van der Waals surface area contributed by atoms with Crippen LogP contribution in [0.2, 0.25) is 0 Å². The van der Waals surface area contributed by atoms with Gasteiger partial charge in [0.25, 0.3) is 0 Å². The molecular weight excluding hydrogens is 232 g/mol. The molecule has 0 radical (unpaired) electrons. The zero-order valence-electron chi connectivity index (χ0n) is 11.0. The van der Waals surface area contributed by atoms with Crippen LogP contribution in [0.15, 0.2) is 30.3 Å². The topological polar surface area (TPSA) is 59.6 Å². The zero-order valence-corrected chi connectivity index (χ0v) is 11.0. The molecule has 0 bridgehead atoms. The van der Waals surface area contributed by atoms with Crippen LogP contribution in [-0.4, -0.2) is 32.6 Å². The predicted molar refractivity (Wildman–Crippen MR) is 69.1 cm³/mol. The standard InChI is InChI=1S/C13H20N2O3/c1-10(12(17-2)18-3)15-13(16)14-9-11-7-5-4-6-8-11/h4-8,10,12H,9H2,1-3H3,(H2,14,15,16). The molecule has 0 heterocycles. The minimum absolute atomic E-state index is 0.226. The molecule has 2 N–H and O–H groups in total. The van der Waals surface area contributed by atoms with Gasteiger partial charge >= 0.3 is 6.03 Å². The van der Waals surface area contributed by atoms with Crippen molar-refractivity contribution in [3.05, 3.63) is 35.9 Å². The second-order valence-electron chi connectivity index (χ2n) is 3.94. The van der Waals surface area contributed by atoms with Gasteiger partial charge in [-0.2, -0.15) is 0 Å². The van der Waals surface area contributed by atoms with Gasteiger partial charge in [-0.1, -0.05) is 30.3 Å². The Morgan fingerprint density at radius 1 is 1.22 bits per heavy atom. The molecule has 1 unspecified atom stereocenters. The molecule has 2 amide bonds. The van der Waals surface area contributed by atoms with Crippen molar-refractivity contribution in [1.29, 1.82) is 0 Å². The summed E-state index contributed by atoms with van der Waals surface area (Å²) in [6.07, 6.45) is -0.451. The Morgan fingerprint density at radius 2 is 1.83 bits per heavy atom. The predicted octanol–water partition coefficient (Wildman–Crippen LogP) is 1.49. The molecule has 0 aliphatic heterocycles. The van der Waals surface area contributed by atoms with Gasteiger partial charge < -0.3 is 20.1 Å². The average Bonchev–Trinajstić information content (AvgIpc) is 2.39. The largest absolute Gasteiger partial charge is 0.354 e. The molecule has 18 heavy (non-hydrogen) atoms. The molecule has 1 rings (SSSR count). The van der Waals surface area contributed by atoms with Crippen LogP contribution in [0.3, 0.4) is 0 Å². The molecule has 0 aliphatic carbocycles. The third-order valence-corrected chi connectivity index (χ3v) is 2.53. The fourth-order valence-corrected chi connectivity index (χ4v) is 1.61. The van der Waals surface area contributed by atoms with E-state index in [1.165, 1.54) is 14.2 Å². The first kappa shape index (κ1) is 14.5. The number of carbonyl (C=O) groups is 1. The lowest BCUT2D eigenvalue weighted by molar-refractivity contribution is -0.117. The lowest BCUT2D eigenvalue weighted by Gasteiger charge is -2.22. The first-order valence-corrected chi connectivity index (χ1v) is 5.81. The van der Waals surface area contributed by atoms with E-state index < -0.39 is 6.29 Å². The molecule has 0 aliphatic rings. The van der Waals surface area contributed by atoms with Crippen molar-refractivity contribution < 1.29 is 14.3 Å². The molecule has 0 spiro atoms. The number of hydrogen-bond acceptors (Lipinski definition) is 3. The summed E-state index contributed by atoms with van der Waals surface area (Å²) in [4.78, 5) is 11.6. The number of amides is 2. The van der Waals surface area contributed by atoms with Gasteiger partial charge in [-0.3, -0.25) is 0 Å². The van der Waals surface area contributed by atoms with Crippen LogP contribution in [0.5, 0.6) is 0 Å². The Kier molecular flexibility index (Phi) is 6.18. The Balaban J connectivity index is 2.33. The highest BCUT2D eigenvalue weighted by Crippen LogP contribution is 1.99. The van der Waals surface area contributed by atoms with Crippen LogP contribution < -0.4 is 10.6 Å². The lowest BCUT2D eigenvalue weighted by Crippen LogP contribution is -2.47. The highest BCUT2D eigenvalue weighted by molar-refractivity contribution is 5.74. The van der Waals surface area contributed by atoms with E-state index in [1.54, 1.807) is 0 Å². The number of carbonyl (C=O) groups excluding carboxylic acids is 1. The first-order chi connectivity index (χ1) is 8.67. The van der Waals surface area contributed by atoms with Crippen molar-refractivity contribution in [3.63, 3.8) is 0 Å². The molecule has 5 nitrogen and oxygen atoms in total. The Morgan fingerprint density at radius 3 is 2.39 bits per heavy atom. The van der Waals surface area contributed by atoms with E-state index in [9.17, 15) is 4.79 Å². The normalized spacial score (nSPS) is 12.2. The molecule has 0 saturated carbocycles. The maximum atomic E-state index is 11.6. The SMILES string of the molecule is COC(OC)C(C)NC(=O)NCc1ccccc1. The third kappa shape index (κ3) is 4.73. The summed E-state index contributed by atoms with van der Waals surface area (Å²) in [5.41, 5.74) is 1.05. The third-order valence-electron chi connectivity index (χ3n) is 2.53. The van der Waals surface area contributed by atoms with Crippen molar-refractivity contribution in [2.75, 3.05) is 14.2 Å². The first-order valence-electron chi connectivity index (χ1n) is 5.81. The van der Waals surface area contributed by atoms with Crippen molar-refractivity contribution in [3.8, 4) is 0 Å². The number of ether oxygens (including phenoxy) is 2. The van der Waals surface area contributed by atoms with Gasteiger partial charge in [0.15, 0.2) is 6.29 Å². The summed E-state index contributed by atoms with van der Waals surface area (Å²) in [6.45, 7) is 2.31. The second-order valence-corrected chi connectivity index (χ2v) is 3.94. The van der Waals surface area contributed by atoms with Gasteiger partial charge in [-0.05, 0) is 12.5 Å². The van der Waals surface area contributed by atoms with Crippen LogP contribution in [0.4, 0.5) is 4.79 Å². The molecule has 5 heteroatoms. The summed E-state index contributed by atoms with van der Waals surface area (Å²) >= 11 is 0. The number of rotatable bonds is 6. The number of nitrogens with one attached hydrogen (secondary N) is 2. The van der Waals surface area contributed by atoms with Crippen LogP contribution in [0.1, 0.15) is 12.5 Å². The van der Waals surface area contributed by atoms with Crippen LogP contribution >= 0.6 is 0 Å². The molecular formula is C13H20N2O3. The fourth-order valence-electron chi connectivity index (χ4n) is 1.61. The van der Waals surface area contributed by atoms with E-state index in [-0.39, 0.29) is 12.1 Å². The Labute approximate surface area is 107 Å². The number of benzene rings is 1. The summed E-state index contributed by atoms with van der Waals surface area (Å²) in [6, 6.07) is 9.25. The highest BCUT2D eigenvalue weighted by atomic mass is 16.7. The van der Waals surface area contributed by atoms with Crippen molar-refractivity contribution in [2.45, 2.75) is 25.8 Å². The van der Waals surface area contributed by atoms with Crippen molar-refractivity contribution in [2.24, 2.45) is 0 Å². The fraction of sp³-hybridized carbons (Fsp3) is 0.462. The molecule has 100 valence electrons. The molecule has 0 saturated heterocycles. The summed E-state index contributed by atoms with van der Waals surface area (Å²) in [7, 11) is 3.07. The van der Waals surface area contributed by atoms with E-state index in [4.69, 9.17) is 9.47 Å². The molecule has 0 fully saturated rings. The summed E-state index contributed by atoms with van der Waals surface area (Å²) in [5, 5.41) is 5.52. The molecule has 1 atom stereocenters. The molecule has 0 aromatic heterocycles. The van der Waals surface area contributed by atoms with Crippen molar-refractivity contribution >= 4 is 6.03 Å². The lowest BCUT2D eigenvalue weighted by atomic mass is 10.2. The average molecular weight is 252 g/mol. The Bertz CT molecular complexity index is 353. The van der Waals surface area contributed by atoms with Gasteiger partial charge in [-0.25, -0.2) is 4.79 Å². The van der Waals surface area contributed by atoms with Crippen molar-refractivity contribution in [1.82, 2.24) is 10.6 Å². The van der Waals surface area contributed by atoms with E-state index >= 15 is 0 Å².